The zero-order valence-corrected chi connectivity index (χ0v) is 16.1. The van der Waals surface area contributed by atoms with Gasteiger partial charge < -0.3 is 10.6 Å². The number of aryl methyl sites for hydroxylation is 1. The molecule has 134 valence electrons. The average molecular weight is 409 g/mol. The monoisotopic (exact) mass is 408 g/mol. The smallest absolute Gasteiger partial charge is 0.175 e. The van der Waals surface area contributed by atoms with Crippen LogP contribution in [-0.4, -0.2) is 14.9 Å². The maximum atomic E-state index is 13.1. The molecule has 0 aliphatic heterocycles. The van der Waals surface area contributed by atoms with E-state index < -0.39 is 0 Å². The van der Waals surface area contributed by atoms with Gasteiger partial charge in [-0.3, -0.25) is 4.68 Å². The van der Waals surface area contributed by atoms with Crippen molar-refractivity contribution in [2.75, 3.05) is 10.6 Å². The van der Waals surface area contributed by atoms with Crippen LogP contribution in [0.25, 0.3) is 0 Å². The molecule has 26 heavy (non-hydrogen) atoms. The number of halogens is 3. The summed E-state index contributed by atoms with van der Waals surface area (Å²) >= 11 is 17.5. The van der Waals surface area contributed by atoms with Crippen LogP contribution in [0.15, 0.2) is 48.8 Å². The van der Waals surface area contributed by atoms with Gasteiger partial charge in [0.2, 0.25) is 0 Å². The summed E-state index contributed by atoms with van der Waals surface area (Å²) in [4.78, 5) is 0. The number of anilines is 2. The molecule has 3 rings (SSSR count). The summed E-state index contributed by atoms with van der Waals surface area (Å²) < 4.78 is 14.8. The minimum Gasteiger partial charge on any atom is -0.332 e. The molecule has 0 aliphatic rings. The molecule has 0 saturated heterocycles. The van der Waals surface area contributed by atoms with E-state index in [9.17, 15) is 4.39 Å². The average Bonchev–Trinajstić information content (AvgIpc) is 3.00. The second-order valence-corrected chi connectivity index (χ2v) is 6.93. The second-order valence-electron chi connectivity index (χ2n) is 5.71. The lowest BCUT2D eigenvalue weighted by atomic mass is 10.2. The van der Waals surface area contributed by atoms with E-state index in [2.05, 4.69) is 15.7 Å². The normalized spacial score (nSPS) is 10.6. The Morgan fingerprint density at radius 2 is 1.88 bits per heavy atom. The van der Waals surface area contributed by atoms with Gasteiger partial charge in [-0.05, 0) is 54.5 Å². The summed E-state index contributed by atoms with van der Waals surface area (Å²) in [7, 11) is 0. The maximum absolute atomic E-state index is 13.1. The lowest BCUT2D eigenvalue weighted by Crippen LogP contribution is -2.18. The van der Waals surface area contributed by atoms with Gasteiger partial charge in [0, 0.05) is 21.9 Å². The Hall–Kier alpha value is -2.15. The summed E-state index contributed by atoms with van der Waals surface area (Å²) in [5.74, 6) is -0.366. The first-order valence-electron chi connectivity index (χ1n) is 7.71. The molecule has 0 atom stereocenters. The van der Waals surface area contributed by atoms with Crippen LogP contribution in [0.3, 0.4) is 0 Å². The van der Waals surface area contributed by atoms with Gasteiger partial charge in [-0.2, -0.15) is 5.10 Å². The minimum absolute atomic E-state index is 0.364. The Morgan fingerprint density at radius 3 is 2.62 bits per heavy atom. The molecule has 3 aromatic rings. The van der Waals surface area contributed by atoms with Crippen LogP contribution in [-0.2, 0) is 6.54 Å². The van der Waals surface area contributed by atoms with Crippen LogP contribution in [0, 0.1) is 12.7 Å². The molecule has 4 nitrogen and oxygen atoms in total. The van der Waals surface area contributed by atoms with Crippen LogP contribution < -0.4 is 10.6 Å². The van der Waals surface area contributed by atoms with Crippen molar-refractivity contribution >= 4 is 51.9 Å². The SMILES string of the molecule is Cc1ccc(NC(=S)Nc2cnn(Cc3ccc(F)cc3Cl)c2)cc1Cl. The third-order valence-electron chi connectivity index (χ3n) is 3.67. The molecule has 2 N–H and O–H groups in total. The molecule has 1 heterocycles. The molecule has 0 aliphatic carbocycles. The first-order chi connectivity index (χ1) is 12.4. The van der Waals surface area contributed by atoms with Crippen molar-refractivity contribution in [3.05, 3.63) is 75.8 Å². The van der Waals surface area contributed by atoms with E-state index in [1.165, 1.54) is 12.1 Å². The highest BCUT2D eigenvalue weighted by atomic mass is 35.5. The van der Waals surface area contributed by atoms with Crippen LogP contribution >= 0.6 is 35.4 Å². The summed E-state index contributed by atoms with van der Waals surface area (Å²) in [6.45, 7) is 2.36. The number of nitrogens with one attached hydrogen (secondary N) is 2. The number of hydrogen-bond acceptors (Lipinski definition) is 2. The molecule has 1 aromatic heterocycles. The van der Waals surface area contributed by atoms with E-state index in [0.717, 1.165) is 22.5 Å². The topological polar surface area (TPSA) is 41.9 Å². The maximum Gasteiger partial charge on any atom is 0.175 e. The molecule has 0 bridgehead atoms. The Balaban J connectivity index is 1.62. The Morgan fingerprint density at radius 1 is 1.12 bits per heavy atom. The van der Waals surface area contributed by atoms with E-state index in [1.807, 2.05) is 25.1 Å². The molecule has 0 radical (unpaired) electrons. The second kappa shape index (κ2) is 8.03. The molecule has 2 aromatic carbocycles. The molecule has 8 heteroatoms. The molecule has 0 unspecified atom stereocenters. The van der Waals surface area contributed by atoms with Crippen molar-refractivity contribution in [1.82, 2.24) is 9.78 Å². The van der Waals surface area contributed by atoms with Gasteiger partial charge in [0.1, 0.15) is 5.82 Å². The zero-order valence-electron chi connectivity index (χ0n) is 13.8. The fourth-order valence-electron chi connectivity index (χ4n) is 2.30. The molecule has 0 saturated carbocycles. The number of aromatic nitrogens is 2. The summed E-state index contributed by atoms with van der Waals surface area (Å²) in [5, 5.41) is 11.8. The van der Waals surface area contributed by atoms with Crippen molar-refractivity contribution in [1.29, 1.82) is 0 Å². The van der Waals surface area contributed by atoms with Gasteiger partial charge in [0.05, 0.1) is 18.4 Å². The standard InChI is InChI=1S/C18H15Cl2FN4S/c1-11-2-5-14(7-16(11)19)23-18(26)24-15-8-22-25(10-15)9-12-3-4-13(21)6-17(12)20/h2-8,10H,9H2,1H3,(H2,23,24,26). The van der Waals surface area contributed by atoms with Crippen LogP contribution in [0.2, 0.25) is 10.0 Å². The lowest BCUT2D eigenvalue weighted by molar-refractivity contribution is 0.624. The van der Waals surface area contributed by atoms with Gasteiger partial charge in [-0.15, -0.1) is 0 Å². The highest BCUT2D eigenvalue weighted by Gasteiger charge is 2.06. The molecule has 0 fully saturated rings. The van der Waals surface area contributed by atoms with E-state index >= 15 is 0 Å². The number of rotatable bonds is 4. The van der Waals surface area contributed by atoms with E-state index in [0.29, 0.717) is 21.7 Å². The third-order valence-corrected chi connectivity index (χ3v) is 4.63. The van der Waals surface area contributed by atoms with Crippen molar-refractivity contribution in [3.8, 4) is 0 Å². The molecular formula is C18H15Cl2FN4S. The fraction of sp³-hybridized carbons (Fsp3) is 0.111. The Kier molecular flexibility index (Phi) is 5.76. The number of thiocarbonyl (C=S) groups is 1. The predicted molar refractivity (Wildman–Crippen MR) is 109 cm³/mol. The van der Waals surface area contributed by atoms with Crippen LogP contribution in [0.5, 0.6) is 0 Å². The van der Waals surface area contributed by atoms with Gasteiger partial charge in [0.25, 0.3) is 0 Å². The summed E-state index contributed by atoms with van der Waals surface area (Å²) in [5.41, 5.74) is 3.29. The summed E-state index contributed by atoms with van der Waals surface area (Å²) in [6.07, 6.45) is 3.43. The largest absolute Gasteiger partial charge is 0.332 e. The van der Waals surface area contributed by atoms with Crippen LogP contribution in [0.1, 0.15) is 11.1 Å². The first kappa shape index (κ1) is 18.6. The Bertz CT molecular complexity index is 958. The third kappa shape index (κ3) is 4.72. The van der Waals surface area contributed by atoms with E-state index in [1.54, 1.807) is 23.1 Å². The number of benzene rings is 2. The summed E-state index contributed by atoms with van der Waals surface area (Å²) in [6, 6.07) is 9.92. The van der Waals surface area contributed by atoms with E-state index in [4.69, 9.17) is 35.4 Å². The Labute approximate surface area is 165 Å². The minimum atomic E-state index is -0.366. The zero-order chi connectivity index (χ0) is 18.7. The van der Waals surface area contributed by atoms with Gasteiger partial charge >= 0.3 is 0 Å². The highest BCUT2D eigenvalue weighted by Crippen LogP contribution is 2.21. The first-order valence-corrected chi connectivity index (χ1v) is 8.87. The lowest BCUT2D eigenvalue weighted by Gasteiger charge is -2.10. The van der Waals surface area contributed by atoms with Crippen molar-refractivity contribution in [3.63, 3.8) is 0 Å². The molecular weight excluding hydrogens is 394 g/mol. The van der Waals surface area contributed by atoms with Crippen molar-refractivity contribution in [2.45, 2.75) is 13.5 Å². The van der Waals surface area contributed by atoms with E-state index in [-0.39, 0.29) is 5.82 Å². The molecule has 0 amide bonds. The highest BCUT2D eigenvalue weighted by molar-refractivity contribution is 7.80. The van der Waals surface area contributed by atoms with Gasteiger partial charge in [-0.1, -0.05) is 35.3 Å². The number of nitrogens with zero attached hydrogens (tertiary/aromatic N) is 2. The van der Waals surface area contributed by atoms with Gasteiger partial charge in [-0.25, -0.2) is 4.39 Å². The van der Waals surface area contributed by atoms with Crippen molar-refractivity contribution < 1.29 is 4.39 Å². The predicted octanol–water partition coefficient (Wildman–Crippen LogP) is 5.49. The van der Waals surface area contributed by atoms with Crippen molar-refractivity contribution in [2.24, 2.45) is 0 Å². The fourth-order valence-corrected chi connectivity index (χ4v) is 2.95. The quantitative estimate of drug-likeness (QED) is 0.559. The number of hydrogen-bond donors (Lipinski definition) is 2. The van der Waals surface area contributed by atoms with Gasteiger partial charge in [0.15, 0.2) is 5.11 Å². The van der Waals surface area contributed by atoms with Crippen LogP contribution in [0.4, 0.5) is 15.8 Å². The molecule has 0 spiro atoms.